The summed E-state index contributed by atoms with van der Waals surface area (Å²) in [6.45, 7) is 0.729. The van der Waals surface area contributed by atoms with Crippen molar-refractivity contribution in [3.05, 3.63) is 35.9 Å². The van der Waals surface area contributed by atoms with Crippen LogP contribution in [0.15, 0.2) is 30.3 Å². The fraction of sp³-hybridized carbons (Fsp3) is 0.412. The van der Waals surface area contributed by atoms with Crippen LogP contribution in [0.25, 0.3) is 10.9 Å². The van der Waals surface area contributed by atoms with Gasteiger partial charge in [0, 0.05) is 26.0 Å². The quantitative estimate of drug-likeness (QED) is 0.940. The van der Waals surface area contributed by atoms with E-state index in [0.29, 0.717) is 12.1 Å². The number of amides is 1. The molecule has 1 saturated heterocycles. The average molecular weight is 299 g/mol. The van der Waals surface area contributed by atoms with Crippen LogP contribution in [-0.2, 0) is 0 Å². The van der Waals surface area contributed by atoms with E-state index in [1.54, 1.807) is 4.90 Å². The normalized spacial score (nSPS) is 18.0. The molecule has 1 aromatic heterocycles. The minimum absolute atomic E-state index is 0.0155. The van der Waals surface area contributed by atoms with Crippen LogP contribution in [0.4, 0.5) is 5.82 Å². The Bertz CT molecular complexity index is 699. The maximum absolute atomic E-state index is 13.0. The molecular weight excluding hydrogens is 278 g/mol. The van der Waals surface area contributed by atoms with Gasteiger partial charge in [-0.05, 0) is 25.0 Å². The molecule has 1 atom stereocenters. The SMILES string of the molecule is CN(C)c1cc(C(=O)N2CCC[C@@H]2CO)c2ccccc2n1. The van der Waals surface area contributed by atoms with Gasteiger partial charge in [-0.25, -0.2) is 4.98 Å². The Morgan fingerprint density at radius 1 is 1.41 bits per heavy atom. The monoisotopic (exact) mass is 299 g/mol. The topological polar surface area (TPSA) is 56.7 Å². The maximum Gasteiger partial charge on any atom is 0.255 e. The van der Waals surface area contributed by atoms with Crippen molar-refractivity contribution in [2.75, 3.05) is 32.1 Å². The second-order valence-corrected chi connectivity index (χ2v) is 5.92. The van der Waals surface area contributed by atoms with Gasteiger partial charge in [0.05, 0.1) is 23.7 Å². The van der Waals surface area contributed by atoms with E-state index >= 15 is 0 Å². The van der Waals surface area contributed by atoms with Crippen LogP contribution in [0.2, 0.25) is 0 Å². The van der Waals surface area contributed by atoms with Crippen LogP contribution in [0.5, 0.6) is 0 Å². The van der Waals surface area contributed by atoms with Gasteiger partial charge in [0.25, 0.3) is 5.91 Å². The number of aliphatic hydroxyl groups is 1. The van der Waals surface area contributed by atoms with Gasteiger partial charge in [-0.2, -0.15) is 0 Å². The number of hydrogen-bond donors (Lipinski definition) is 1. The van der Waals surface area contributed by atoms with Crippen LogP contribution >= 0.6 is 0 Å². The molecule has 5 heteroatoms. The maximum atomic E-state index is 13.0. The van der Waals surface area contributed by atoms with Gasteiger partial charge in [0.15, 0.2) is 0 Å². The molecule has 1 fully saturated rings. The van der Waals surface area contributed by atoms with Crippen molar-refractivity contribution in [3.63, 3.8) is 0 Å². The second kappa shape index (κ2) is 5.93. The number of benzene rings is 1. The first-order chi connectivity index (χ1) is 10.6. The molecule has 2 aromatic rings. The number of likely N-dealkylation sites (tertiary alicyclic amines) is 1. The summed E-state index contributed by atoms with van der Waals surface area (Å²) in [6.07, 6.45) is 1.81. The molecule has 0 unspecified atom stereocenters. The molecule has 0 bridgehead atoms. The molecule has 1 N–H and O–H groups in total. The van der Waals surface area contributed by atoms with Crippen LogP contribution in [0.1, 0.15) is 23.2 Å². The minimum atomic E-state index is -0.0674. The molecule has 3 rings (SSSR count). The number of pyridine rings is 1. The van der Waals surface area contributed by atoms with Gasteiger partial charge >= 0.3 is 0 Å². The van der Waals surface area contributed by atoms with E-state index in [1.165, 1.54) is 0 Å². The average Bonchev–Trinajstić information content (AvgIpc) is 3.01. The van der Waals surface area contributed by atoms with Crippen LogP contribution in [0, 0.1) is 0 Å². The lowest BCUT2D eigenvalue weighted by atomic mass is 10.1. The molecule has 22 heavy (non-hydrogen) atoms. The number of hydrogen-bond acceptors (Lipinski definition) is 4. The summed E-state index contributed by atoms with van der Waals surface area (Å²) in [5, 5.41) is 10.3. The zero-order chi connectivity index (χ0) is 15.7. The van der Waals surface area contributed by atoms with E-state index in [2.05, 4.69) is 4.98 Å². The van der Waals surface area contributed by atoms with Gasteiger partial charge in [0.1, 0.15) is 5.82 Å². The minimum Gasteiger partial charge on any atom is -0.394 e. The summed E-state index contributed by atoms with van der Waals surface area (Å²) in [5.41, 5.74) is 1.48. The number of fused-ring (bicyclic) bond motifs is 1. The number of anilines is 1. The van der Waals surface area contributed by atoms with Crippen LogP contribution in [0.3, 0.4) is 0 Å². The van der Waals surface area contributed by atoms with Crippen molar-refractivity contribution in [3.8, 4) is 0 Å². The summed E-state index contributed by atoms with van der Waals surface area (Å²) in [6, 6.07) is 9.48. The largest absolute Gasteiger partial charge is 0.394 e. The molecule has 1 aliphatic rings. The molecule has 1 amide bonds. The number of rotatable bonds is 3. The first-order valence-corrected chi connectivity index (χ1v) is 7.60. The van der Waals surface area contributed by atoms with Crippen molar-refractivity contribution in [1.29, 1.82) is 0 Å². The highest BCUT2D eigenvalue weighted by Gasteiger charge is 2.30. The lowest BCUT2D eigenvalue weighted by Gasteiger charge is -2.24. The standard InChI is InChI=1S/C17H21N3O2/c1-19(2)16-10-14(13-7-3-4-8-15(13)18-16)17(22)20-9-5-6-12(20)11-21/h3-4,7-8,10,12,21H,5-6,9,11H2,1-2H3/t12-/m1/s1. The summed E-state index contributed by atoms with van der Waals surface area (Å²) in [4.78, 5) is 21.3. The first-order valence-electron chi connectivity index (χ1n) is 7.60. The van der Waals surface area contributed by atoms with Gasteiger partial charge in [-0.15, -0.1) is 0 Å². The van der Waals surface area contributed by atoms with Crippen LogP contribution in [-0.4, -0.2) is 54.2 Å². The Morgan fingerprint density at radius 3 is 2.91 bits per heavy atom. The summed E-state index contributed by atoms with van der Waals surface area (Å²) in [7, 11) is 3.83. The first kappa shape index (κ1) is 14.8. The van der Waals surface area contributed by atoms with E-state index in [-0.39, 0.29) is 18.6 Å². The van der Waals surface area contributed by atoms with Gasteiger partial charge in [-0.3, -0.25) is 4.79 Å². The summed E-state index contributed by atoms with van der Waals surface area (Å²) >= 11 is 0. The molecule has 1 aliphatic heterocycles. The second-order valence-electron chi connectivity index (χ2n) is 5.92. The van der Waals surface area contributed by atoms with Crippen molar-refractivity contribution in [2.45, 2.75) is 18.9 Å². The van der Waals surface area contributed by atoms with E-state index < -0.39 is 0 Å². The van der Waals surface area contributed by atoms with Crippen molar-refractivity contribution in [1.82, 2.24) is 9.88 Å². The highest BCUT2D eigenvalue weighted by molar-refractivity contribution is 6.07. The van der Waals surface area contributed by atoms with Crippen molar-refractivity contribution in [2.24, 2.45) is 0 Å². The fourth-order valence-corrected chi connectivity index (χ4v) is 3.02. The predicted octanol–water partition coefficient (Wildman–Crippen LogP) is 1.90. The van der Waals surface area contributed by atoms with Gasteiger partial charge in [-0.1, -0.05) is 18.2 Å². The van der Waals surface area contributed by atoms with Crippen molar-refractivity contribution < 1.29 is 9.90 Å². The highest BCUT2D eigenvalue weighted by Crippen LogP contribution is 2.26. The lowest BCUT2D eigenvalue weighted by molar-refractivity contribution is 0.0679. The van der Waals surface area contributed by atoms with E-state index in [9.17, 15) is 9.90 Å². The zero-order valence-electron chi connectivity index (χ0n) is 13.0. The summed E-state index contributed by atoms with van der Waals surface area (Å²) in [5.74, 6) is 0.750. The summed E-state index contributed by atoms with van der Waals surface area (Å²) < 4.78 is 0. The molecule has 0 spiro atoms. The third kappa shape index (κ3) is 2.52. The molecule has 2 heterocycles. The zero-order valence-corrected chi connectivity index (χ0v) is 13.0. The molecule has 0 aliphatic carbocycles. The Kier molecular flexibility index (Phi) is 3.98. The third-order valence-electron chi connectivity index (χ3n) is 4.24. The molecular formula is C17H21N3O2. The van der Waals surface area contributed by atoms with Gasteiger partial charge < -0.3 is 14.9 Å². The van der Waals surface area contributed by atoms with Gasteiger partial charge in [0.2, 0.25) is 0 Å². The van der Waals surface area contributed by atoms with Crippen LogP contribution < -0.4 is 4.90 Å². The number of aromatic nitrogens is 1. The number of nitrogens with zero attached hydrogens (tertiary/aromatic N) is 3. The fourth-order valence-electron chi connectivity index (χ4n) is 3.02. The Morgan fingerprint density at radius 2 is 2.18 bits per heavy atom. The molecule has 116 valence electrons. The van der Waals surface area contributed by atoms with E-state index in [1.807, 2.05) is 49.3 Å². The predicted molar refractivity (Wildman–Crippen MR) is 87.2 cm³/mol. The van der Waals surface area contributed by atoms with Crippen molar-refractivity contribution >= 4 is 22.6 Å². The highest BCUT2D eigenvalue weighted by atomic mass is 16.3. The molecule has 5 nitrogen and oxygen atoms in total. The Hall–Kier alpha value is -2.14. The number of carbonyl (C=O) groups excluding carboxylic acids is 1. The number of aliphatic hydroxyl groups excluding tert-OH is 1. The Labute approximate surface area is 130 Å². The molecule has 1 aromatic carbocycles. The number of para-hydroxylation sites is 1. The Balaban J connectivity index is 2.10. The van der Waals surface area contributed by atoms with E-state index in [4.69, 9.17) is 0 Å². The smallest absolute Gasteiger partial charge is 0.255 e. The molecule has 0 saturated carbocycles. The third-order valence-corrected chi connectivity index (χ3v) is 4.24. The molecule has 0 radical (unpaired) electrons. The number of carbonyl (C=O) groups is 1. The van der Waals surface area contributed by atoms with E-state index in [0.717, 1.165) is 29.6 Å². The lowest BCUT2D eigenvalue weighted by Crippen LogP contribution is -2.37.